The molecule has 0 aliphatic rings. The molecule has 1 atom stereocenters. The second-order valence-corrected chi connectivity index (χ2v) is 6.54. The van der Waals surface area contributed by atoms with Crippen molar-refractivity contribution in [2.24, 2.45) is 0 Å². The molecule has 0 fully saturated rings. The molecular formula is C19H21BrN2O2. The van der Waals surface area contributed by atoms with Crippen LogP contribution in [0, 0.1) is 0 Å². The molecule has 5 heteroatoms. The summed E-state index contributed by atoms with van der Waals surface area (Å²) in [5.74, 6) is 0.0225. The van der Waals surface area contributed by atoms with E-state index in [9.17, 15) is 9.59 Å². The Morgan fingerprint density at radius 1 is 1.00 bits per heavy atom. The molecule has 0 spiro atoms. The molecule has 0 heterocycles. The average molecular weight is 389 g/mol. The number of carbonyl (C=O) groups excluding carboxylic acids is 2. The van der Waals surface area contributed by atoms with E-state index in [2.05, 4.69) is 45.6 Å². The van der Waals surface area contributed by atoms with Gasteiger partial charge >= 0.3 is 0 Å². The summed E-state index contributed by atoms with van der Waals surface area (Å²) in [7, 11) is 0. The van der Waals surface area contributed by atoms with E-state index in [1.165, 1.54) is 5.56 Å². The van der Waals surface area contributed by atoms with Crippen molar-refractivity contribution in [3.63, 3.8) is 0 Å². The van der Waals surface area contributed by atoms with Gasteiger partial charge < -0.3 is 10.6 Å². The minimum absolute atomic E-state index is 0.0612. The van der Waals surface area contributed by atoms with Gasteiger partial charge in [0.1, 0.15) is 0 Å². The van der Waals surface area contributed by atoms with Crippen molar-refractivity contribution in [3.05, 3.63) is 70.2 Å². The number of halogens is 1. The monoisotopic (exact) mass is 388 g/mol. The van der Waals surface area contributed by atoms with Crippen LogP contribution in [0.5, 0.6) is 0 Å². The number of carbonyl (C=O) groups is 2. The Balaban J connectivity index is 1.68. The molecule has 126 valence electrons. The van der Waals surface area contributed by atoms with Crippen molar-refractivity contribution in [1.29, 1.82) is 0 Å². The Morgan fingerprint density at radius 3 is 2.33 bits per heavy atom. The third-order valence-corrected chi connectivity index (χ3v) is 4.25. The Kier molecular flexibility index (Phi) is 7.00. The largest absolute Gasteiger partial charge is 0.355 e. The van der Waals surface area contributed by atoms with Gasteiger partial charge in [-0.05, 0) is 35.7 Å². The third-order valence-electron chi connectivity index (χ3n) is 3.72. The smallest absolute Gasteiger partial charge is 0.251 e. The molecule has 2 aromatic carbocycles. The lowest BCUT2D eigenvalue weighted by Gasteiger charge is -2.13. The van der Waals surface area contributed by atoms with Gasteiger partial charge in [-0.2, -0.15) is 0 Å². The fraction of sp³-hybridized carbons (Fsp3) is 0.263. The van der Waals surface area contributed by atoms with Crippen LogP contribution in [0.1, 0.15) is 35.2 Å². The first-order valence-electron chi connectivity index (χ1n) is 7.91. The van der Waals surface area contributed by atoms with Crippen molar-refractivity contribution >= 4 is 27.7 Å². The summed E-state index contributed by atoms with van der Waals surface area (Å²) in [6.45, 7) is 2.98. The van der Waals surface area contributed by atoms with Crippen LogP contribution in [0.25, 0.3) is 0 Å². The molecule has 2 amide bonds. The lowest BCUT2D eigenvalue weighted by Crippen LogP contribution is -2.32. The highest BCUT2D eigenvalue weighted by molar-refractivity contribution is 9.10. The Hall–Kier alpha value is -2.14. The summed E-state index contributed by atoms with van der Waals surface area (Å²) in [4.78, 5) is 23.8. The van der Waals surface area contributed by atoms with Gasteiger partial charge in [0.2, 0.25) is 5.91 Å². The Morgan fingerprint density at radius 2 is 1.67 bits per heavy atom. The first-order valence-corrected chi connectivity index (χ1v) is 8.71. The van der Waals surface area contributed by atoms with Crippen LogP contribution < -0.4 is 10.6 Å². The SMILES string of the molecule is C[C@@H](CNC(=O)CCNC(=O)c1ccc(Br)cc1)c1ccccc1. The second-order valence-electron chi connectivity index (χ2n) is 5.63. The fourth-order valence-corrected chi connectivity index (χ4v) is 2.51. The first kappa shape index (κ1) is 18.2. The minimum atomic E-state index is -0.173. The van der Waals surface area contributed by atoms with Crippen LogP contribution >= 0.6 is 15.9 Å². The Bertz CT molecular complexity index is 672. The molecular weight excluding hydrogens is 368 g/mol. The van der Waals surface area contributed by atoms with Gasteiger partial charge in [0.25, 0.3) is 5.91 Å². The van der Waals surface area contributed by atoms with Crippen LogP contribution in [-0.4, -0.2) is 24.9 Å². The van der Waals surface area contributed by atoms with E-state index >= 15 is 0 Å². The highest BCUT2D eigenvalue weighted by atomic mass is 79.9. The van der Waals surface area contributed by atoms with E-state index in [4.69, 9.17) is 0 Å². The second kappa shape index (κ2) is 9.23. The van der Waals surface area contributed by atoms with Crippen LogP contribution in [0.3, 0.4) is 0 Å². The molecule has 2 rings (SSSR count). The molecule has 0 aliphatic heterocycles. The molecule has 0 aliphatic carbocycles. The topological polar surface area (TPSA) is 58.2 Å². The predicted molar refractivity (Wildman–Crippen MR) is 99.0 cm³/mol. The maximum atomic E-state index is 11.9. The van der Waals surface area contributed by atoms with Gasteiger partial charge in [-0.25, -0.2) is 0 Å². The maximum Gasteiger partial charge on any atom is 0.251 e. The Labute approximate surface area is 150 Å². The van der Waals surface area contributed by atoms with E-state index in [0.717, 1.165) is 4.47 Å². The van der Waals surface area contributed by atoms with Crippen molar-refractivity contribution in [2.75, 3.05) is 13.1 Å². The third kappa shape index (κ3) is 5.81. The van der Waals surface area contributed by atoms with Crippen molar-refractivity contribution in [2.45, 2.75) is 19.3 Å². The molecule has 2 N–H and O–H groups in total. The van der Waals surface area contributed by atoms with Crippen molar-refractivity contribution in [1.82, 2.24) is 10.6 Å². The molecule has 0 unspecified atom stereocenters. The molecule has 4 nitrogen and oxygen atoms in total. The first-order chi connectivity index (χ1) is 11.6. The van der Waals surface area contributed by atoms with Crippen LogP contribution in [0.15, 0.2) is 59.1 Å². The summed E-state index contributed by atoms with van der Waals surface area (Å²) in [6.07, 6.45) is 0.268. The summed E-state index contributed by atoms with van der Waals surface area (Å²) in [5.41, 5.74) is 1.78. The summed E-state index contributed by atoms with van der Waals surface area (Å²) < 4.78 is 0.922. The van der Waals surface area contributed by atoms with Crippen LogP contribution in [0.2, 0.25) is 0 Å². The zero-order valence-corrected chi connectivity index (χ0v) is 15.2. The average Bonchev–Trinajstić information content (AvgIpc) is 2.61. The zero-order valence-electron chi connectivity index (χ0n) is 13.6. The fourth-order valence-electron chi connectivity index (χ4n) is 2.25. The van der Waals surface area contributed by atoms with Crippen molar-refractivity contribution in [3.8, 4) is 0 Å². The molecule has 0 radical (unpaired) electrons. The van der Waals surface area contributed by atoms with E-state index in [1.54, 1.807) is 12.1 Å². The summed E-state index contributed by atoms with van der Waals surface area (Å²) in [5, 5.41) is 5.66. The van der Waals surface area contributed by atoms with Crippen LogP contribution in [-0.2, 0) is 4.79 Å². The number of benzene rings is 2. The number of nitrogens with one attached hydrogen (secondary N) is 2. The number of hydrogen-bond acceptors (Lipinski definition) is 2. The lowest BCUT2D eigenvalue weighted by atomic mass is 10.0. The van der Waals surface area contributed by atoms with E-state index in [1.807, 2.05) is 30.3 Å². The normalized spacial score (nSPS) is 11.6. The predicted octanol–water partition coefficient (Wildman–Crippen LogP) is 3.49. The van der Waals surface area contributed by atoms with E-state index in [-0.39, 0.29) is 24.2 Å². The molecule has 0 aromatic heterocycles. The quantitative estimate of drug-likeness (QED) is 0.762. The highest BCUT2D eigenvalue weighted by Crippen LogP contribution is 2.13. The number of hydrogen-bond donors (Lipinski definition) is 2. The van der Waals surface area contributed by atoms with Gasteiger partial charge in [0.05, 0.1) is 0 Å². The van der Waals surface area contributed by atoms with Crippen molar-refractivity contribution < 1.29 is 9.59 Å². The van der Waals surface area contributed by atoms with Gasteiger partial charge in [0.15, 0.2) is 0 Å². The molecule has 0 saturated heterocycles. The molecule has 0 bridgehead atoms. The van der Waals surface area contributed by atoms with Crippen LogP contribution in [0.4, 0.5) is 0 Å². The minimum Gasteiger partial charge on any atom is -0.355 e. The van der Waals surface area contributed by atoms with Gasteiger partial charge in [-0.3, -0.25) is 9.59 Å². The van der Waals surface area contributed by atoms with E-state index < -0.39 is 0 Å². The van der Waals surface area contributed by atoms with Gasteiger partial charge in [0, 0.05) is 29.5 Å². The number of amides is 2. The van der Waals surface area contributed by atoms with E-state index in [0.29, 0.717) is 18.7 Å². The highest BCUT2D eigenvalue weighted by Gasteiger charge is 2.09. The van der Waals surface area contributed by atoms with Gasteiger partial charge in [-0.15, -0.1) is 0 Å². The number of rotatable bonds is 7. The zero-order chi connectivity index (χ0) is 17.4. The summed E-state index contributed by atoms with van der Waals surface area (Å²) in [6, 6.07) is 17.2. The molecule has 0 saturated carbocycles. The maximum absolute atomic E-state index is 11.9. The lowest BCUT2D eigenvalue weighted by molar-refractivity contribution is -0.121. The standard InChI is InChI=1S/C19H21BrN2O2/c1-14(15-5-3-2-4-6-15)13-22-18(23)11-12-21-19(24)16-7-9-17(20)10-8-16/h2-10,14H,11-13H2,1H3,(H,21,24)(H,22,23)/t14-/m0/s1. The molecule has 2 aromatic rings. The molecule has 24 heavy (non-hydrogen) atoms. The van der Waals surface area contributed by atoms with Gasteiger partial charge in [-0.1, -0.05) is 53.2 Å². The summed E-state index contributed by atoms with van der Waals surface area (Å²) >= 11 is 3.33.